The maximum Gasteiger partial charge on any atom is 0.248 e. The normalized spacial score (nSPS) is 10.9. The summed E-state index contributed by atoms with van der Waals surface area (Å²) < 4.78 is 6.77. The van der Waals surface area contributed by atoms with Crippen LogP contribution >= 0.6 is 33.9 Å². The molecule has 0 saturated heterocycles. The van der Waals surface area contributed by atoms with Gasteiger partial charge in [0.2, 0.25) is 11.8 Å². The molecule has 4 nitrogen and oxygen atoms in total. The molecule has 0 spiro atoms. The van der Waals surface area contributed by atoms with Crippen molar-refractivity contribution in [3.63, 3.8) is 0 Å². The van der Waals surface area contributed by atoms with Gasteiger partial charge in [-0.1, -0.05) is 6.92 Å². The number of rotatable bonds is 5. The Hall–Kier alpha value is -0.470. The molecule has 0 bridgehead atoms. The molecule has 0 aliphatic rings. The van der Waals surface area contributed by atoms with E-state index in [9.17, 15) is 0 Å². The van der Waals surface area contributed by atoms with Crippen molar-refractivity contribution < 1.29 is 4.42 Å². The Kier molecular flexibility index (Phi) is 4.30. The van der Waals surface area contributed by atoms with E-state index < -0.39 is 0 Å². The van der Waals surface area contributed by atoms with Gasteiger partial charge >= 0.3 is 0 Å². The SMILES string of the molecule is CCCNCc1nnc(-c2csc(I)c2)o1. The number of nitrogens with zero attached hydrogens (tertiary/aromatic N) is 2. The van der Waals surface area contributed by atoms with E-state index in [0.29, 0.717) is 18.3 Å². The standard InChI is InChI=1S/C10H12IN3OS/c1-2-3-12-5-9-13-14-10(15-9)7-4-8(11)16-6-7/h4,6,12H,2-3,5H2,1H3. The molecule has 0 saturated carbocycles. The first-order chi connectivity index (χ1) is 7.79. The molecular weight excluding hydrogens is 337 g/mol. The number of halogens is 1. The van der Waals surface area contributed by atoms with Gasteiger partial charge in [0.15, 0.2) is 0 Å². The highest BCUT2D eigenvalue weighted by molar-refractivity contribution is 14.1. The number of aromatic nitrogens is 2. The van der Waals surface area contributed by atoms with Crippen molar-refractivity contribution >= 4 is 33.9 Å². The minimum absolute atomic E-state index is 0.604. The van der Waals surface area contributed by atoms with E-state index in [4.69, 9.17) is 4.42 Å². The average molecular weight is 349 g/mol. The van der Waals surface area contributed by atoms with Gasteiger partial charge in [0.25, 0.3) is 0 Å². The summed E-state index contributed by atoms with van der Waals surface area (Å²) in [6, 6.07) is 2.04. The lowest BCUT2D eigenvalue weighted by atomic mass is 10.3. The molecule has 2 heterocycles. The van der Waals surface area contributed by atoms with E-state index in [1.165, 1.54) is 2.88 Å². The zero-order valence-electron chi connectivity index (χ0n) is 8.86. The molecule has 0 aliphatic carbocycles. The molecule has 2 aromatic rings. The van der Waals surface area contributed by atoms with Crippen molar-refractivity contribution in [2.45, 2.75) is 19.9 Å². The molecule has 86 valence electrons. The maximum atomic E-state index is 5.55. The van der Waals surface area contributed by atoms with Gasteiger partial charge in [-0.25, -0.2) is 0 Å². The van der Waals surface area contributed by atoms with Crippen molar-refractivity contribution in [1.29, 1.82) is 0 Å². The number of nitrogens with one attached hydrogen (secondary N) is 1. The van der Waals surface area contributed by atoms with Gasteiger partial charge in [-0.15, -0.1) is 21.5 Å². The zero-order valence-corrected chi connectivity index (χ0v) is 11.8. The van der Waals surface area contributed by atoms with Gasteiger partial charge in [-0.2, -0.15) is 0 Å². The monoisotopic (exact) mass is 349 g/mol. The fraction of sp³-hybridized carbons (Fsp3) is 0.400. The van der Waals surface area contributed by atoms with Crippen molar-refractivity contribution in [3.8, 4) is 11.5 Å². The average Bonchev–Trinajstić information content (AvgIpc) is 2.87. The summed E-state index contributed by atoms with van der Waals surface area (Å²) >= 11 is 3.95. The molecule has 0 aliphatic heterocycles. The van der Waals surface area contributed by atoms with Crippen LogP contribution in [0.5, 0.6) is 0 Å². The van der Waals surface area contributed by atoms with E-state index in [2.05, 4.69) is 45.0 Å². The van der Waals surface area contributed by atoms with Gasteiger partial charge in [0, 0.05) is 5.38 Å². The van der Waals surface area contributed by atoms with Crippen molar-refractivity contribution in [3.05, 3.63) is 20.2 Å². The zero-order chi connectivity index (χ0) is 11.4. The van der Waals surface area contributed by atoms with Crippen LogP contribution in [0.15, 0.2) is 15.9 Å². The first kappa shape index (κ1) is 12.0. The Morgan fingerprint density at radius 3 is 3.06 bits per heavy atom. The Balaban J connectivity index is 2.02. The van der Waals surface area contributed by atoms with Crippen LogP contribution in [-0.2, 0) is 6.54 Å². The predicted octanol–water partition coefficient (Wildman–Crippen LogP) is 2.90. The topological polar surface area (TPSA) is 51.0 Å². The van der Waals surface area contributed by atoms with E-state index in [-0.39, 0.29) is 0 Å². The highest BCUT2D eigenvalue weighted by Gasteiger charge is 2.09. The molecule has 0 atom stereocenters. The number of hydrogen-bond donors (Lipinski definition) is 1. The molecule has 0 fully saturated rings. The van der Waals surface area contributed by atoms with Crippen LogP contribution < -0.4 is 5.32 Å². The minimum atomic E-state index is 0.604. The lowest BCUT2D eigenvalue weighted by Crippen LogP contribution is -2.13. The minimum Gasteiger partial charge on any atom is -0.419 e. The highest BCUT2D eigenvalue weighted by Crippen LogP contribution is 2.25. The molecule has 16 heavy (non-hydrogen) atoms. The summed E-state index contributed by atoms with van der Waals surface area (Å²) in [6.45, 7) is 3.73. The summed E-state index contributed by atoms with van der Waals surface area (Å²) in [5, 5.41) is 13.3. The van der Waals surface area contributed by atoms with Crippen LogP contribution in [0.2, 0.25) is 0 Å². The van der Waals surface area contributed by atoms with Gasteiger partial charge < -0.3 is 9.73 Å². The molecule has 0 radical (unpaired) electrons. The summed E-state index contributed by atoms with van der Waals surface area (Å²) in [7, 11) is 0. The quantitative estimate of drug-likeness (QED) is 0.666. The van der Waals surface area contributed by atoms with Crippen LogP contribution in [-0.4, -0.2) is 16.7 Å². The summed E-state index contributed by atoms with van der Waals surface area (Å²) in [5.74, 6) is 1.25. The number of hydrogen-bond acceptors (Lipinski definition) is 5. The van der Waals surface area contributed by atoms with E-state index in [1.807, 2.05) is 11.4 Å². The highest BCUT2D eigenvalue weighted by atomic mass is 127. The van der Waals surface area contributed by atoms with Crippen LogP contribution in [0.3, 0.4) is 0 Å². The van der Waals surface area contributed by atoms with E-state index in [0.717, 1.165) is 18.5 Å². The fourth-order valence-corrected chi connectivity index (χ4v) is 2.56. The van der Waals surface area contributed by atoms with Crippen LogP contribution in [0.25, 0.3) is 11.5 Å². The molecule has 1 N–H and O–H groups in total. The molecular formula is C10H12IN3OS. The van der Waals surface area contributed by atoms with Crippen molar-refractivity contribution in [1.82, 2.24) is 15.5 Å². The first-order valence-corrected chi connectivity index (χ1v) is 7.03. The maximum absolute atomic E-state index is 5.55. The molecule has 0 aromatic carbocycles. The van der Waals surface area contributed by atoms with Crippen molar-refractivity contribution in [2.75, 3.05) is 6.54 Å². The second-order valence-corrected chi connectivity index (χ2v) is 6.12. The molecule has 0 unspecified atom stereocenters. The van der Waals surface area contributed by atoms with E-state index in [1.54, 1.807) is 11.3 Å². The van der Waals surface area contributed by atoms with E-state index >= 15 is 0 Å². The molecule has 2 aromatic heterocycles. The lowest BCUT2D eigenvalue weighted by molar-refractivity contribution is 0.477. The third-order valence-electron chi connectivity index (χ3n) is 1.98. The Bertz CT molecular complexity index is 454. The van der Waals surface area contributed by atoms with Crippen molar-refractivity contribution in [2.24, 2.45) is 0 Å². The second-order valence-electron chi connectivity index (χ2n) is 3.32. The van der Waals surface area contributed by atoms with Crippen LogP contribution in [0.4, 0.5) is 0 Å². The fourth-order valence-electron chi connectivity index (χ4n) is 1.24. The van der Waals surface area contributed by atoms with Crippen LogP contribution in [0, 0.1) is 2.88 Å². The first-order valence-electron chi connectivity index (χ1n) is 5.07. The third-order valence-corrected chi connectivity index (χ3v) is 3.77. The Morgan fingerprint density at radius 1 is 1.50 bits per heavy atom. The molecule has 0 amide bonds. The summed E-state index contributed by atoms with van der Waals surface area (Å²) in [5.41, 5.74) is 1.00. The van der Waals surface area contributed by atoms with Gasteiger partial charge in [-0.05, 0) is 41.6 Å². The van der Waals surface area contributed by atoms with Gasteiger partial charge in [0.05, 0.1) is 15.0 Å². The predicted molar refractivity (Wildman–Crippen MR) is 72.3 cm³/mol. The molecule has 2 rings (SSSR count). The number of thiophene rings is 1. The Labute approximate surface area is 112 Å². The lowest BCUT2D eigenvalue weighted by Gasteiger charge is -1.96. The largest absolute Gasteiger partial charge is 0.419 e. The summed E-state index contributed by atoms with van der Waals surface area (Å²) in [6.07, 6.45) is 1.10. The second kappa shape index (κ2) is 5.74. The summed E-state index contributed by atoms with van der Waals surface area (Å²) in [4.78, 5) is 0. The smallest absolute Gasteiger partial charge is 0.248 e. The molecule has 6 heteroatoms. The van der Waals surface area contributed by atoms with Crippen LogP contribution in [0.1, 0.15) is 19.2 Å². The van der Waals surface area contributed by atoms with Gasteiger partial charge in [-0.3, -0.25) is 0 Å². The Morgan fingerprint density at radius 2 is 2.38 bits per heavy atom. The van der Waals surface area contributed by atoms with Gasteiger partial charge in [0.1, 0.15) is 0 Å². The third kappa shape index (κ3) is 3.02.